The molecule has 1 fully saturated rings. The molecular weight excluding hydrogens is 286 g/mol. The van der Waals surface area contributed by atoms with Gasteiger partial charge in [0.05, 0.1) is 19.3 Å². The SMILES string of the molecule is CCCCOC(=O)/C=C(\C(=O)OCCCC)N1CCCC1=O. The van der Waals surface area contributed by atoms with E-state index in [9.17, 15) is 14.4 Å². The monoisotopic (exact) mass is 311 g/mol. The number of esters is 2. The van der Waals surface area contributed by atoms with Crippen molar-refractivity contribution in [3.63, 3.8) is 0 Å². The first-order valence-electron chi connectivity index (χ1n) is 7.96. The quantitative estimate of drug-likeness (QED) is 0.371. The van der Waals surface area contributed by atoms with Crippen LogP contribution in [-0.4, -0.2) is 42.5 Å². The van der Waals surface area contributed by atoms with Crippen molar-refractivity contribution < 1.29 is 23.9 Å². The van der Waals surface area contributed by atoms with Crippen LogP contribution in [0.1, 0.15) is 52.4 Å². The molecule has 6 nitrogen and oxygen atoms in total. The number of unbranched alkanes of at least 4 members (excludes halogenated alkanes) is 2. The molecule has 6 heteroatoms. The fourth-order valence-electron chi connectivity index (χ4n) is 2.00. The summed E-state index contributed by atoms with van der Waals surface area (Å²) >= 11 is 0. The minimum Gasteiger partial charge on any atom is -0.462 e. The Morgan fingerprint density at radius 1 is 1.14 bits per heavy atom. The third-order valence-electron chi connectivity index (χ3n) is 3.30. The molecule has 0 atom stereocenters. The van der Waals surface area contributed by atoms with Gasteiger partial charge in [-0.15, -0.1) is 0 Å². The van der Waals surface area contributed by atoms with E-state index >= 15 is 0 Å². The molecule has 0 N–H and O–H groups in total. The van der Waals surface area contributed by atoms with Crippen molar-refractivity contribution in [2.45, 2.75) is 52.4 Å². The number of carbonyl (C=O) groups excluding carboxylic acids is 3. The summed E-state index contributed by atoms with van der Waals surface area (Å²) in [6.45, 7) is 4.98. The van der Waals surface area contributed by atoms with Gasteiger partial charge in [-0.05, 0) is 19.3 Å². The van der Waals surface area contributed by atoms with E-state index in [0.717, 1.165) is 31.8 Å². The molecule has 0 radical (unpaired) electrons. The van der Waals surface area contributed by atoms with E-state index < -0.39 is 11.9 Å². The van der Waals surface area contributed by atoms with E-state index in [1.807, 2.05) is 13.8 Å². The van der Waals surface area contributed by atoms with Crippen LogP contribution in [0.2, 0.25) is 0 Å². The summed E-state index contributed by atoms with van der Waals surface area (Å²) in [7, 11) is 0. The van der Waals surface area contributed by atoms with E-state index in [1.165, 1.54) is 4.90 Å². The lowest BCUT2D eigenvalue weighted by Crippen LogP contribution is -2.31. The number of hydrogen-bond donors (Lipinski definition) is 0. The molecule has 1 saturated heterocycles. The number of hydrogen-bond acceptors (Lipinski definition) is 5. The van der Waals surface area contributed by atoms with E-state index in [2.05, 4.69) is 0 Å². The van der Waals surface area contributed by atoms with Crippen LogP contribution in [0.15, 0.2) is 11.8 Å². The van der Waals surface area contributed by atoms with Crippen molar-refractivity contribution >= 4 is 17.8 Å². The molecule has 1 aliphatic heterocycles. The summed E-state index contributed by atoms with van der Waals surface area (Å²) in [6, 6.07) is 0. The van der Waals surface area contributed by atoms with Crippen molar-refractivity contribution in [3.8, 4) is 0 Å². The molecule has 0 saturated carbocycles. The van der Waals surface area contributed by atoms with Crippen molar-refractivity contribution in [2.24, 2.45) is 0 Å². The third-order valence-corrected chi connectivity index (χ3v) is 3.30. The van der Waals surface area contributed by atoms with Gasteiger partial charge in [-0.25, -0.2) is 9.59 Å². The summed E-state index contributed by atoms with van der Waals surface area (Å²) in [4.78, 5) is 37.0. The van der Waals surface area contributed by atoms with Gasteiger partial charge in [0.25, 0.3) is 0 Å². The van der Waals surface area contributed by atoms with Crippen molar-refractivity contribution in [2.75, 3.05) is 19.8 Å². The predicted molar refractivity (Wildman–Crippen MR) is 80.8 cm³/mol. The Morgan fingerprint density at radius 2 is 1.77 bits per heavy atom. The Hall–Kier alpha value is -1.85. The fourth-order valence-corrected chi connectivity index (χ4v) is 2.00. The summed E-state index contributed by atoms with van der Waals surface area (Å²) in [6.07, 6.45) is 5.44. The summed E-state index contributed by atoms with van der Waals surface area (Å²) in [5, 5.41) is 0. The van der Waals surface area contributed by atoms with Gasteiger partial charge in [-0.3, -0.25) is 4.79 Å². The highest BCUT2D eigenvalue weighted by atomic mass is 16.5. The average Bonchev–Trinajstić information content (AvgIpc) is 2.91. The maximum absolute atomic E-state index is 12.1. The third kappa shape index (κ3) is 5.87. The first-order valence-corrected chi connectivity index (χ1v) is 7.96. The highest BCUT2D eigenvalue weighted by Crippen LogP contribution is 2.18. The van der Waals surface area contributed by atoms with Gasteiger partial charge in [-0.2, -0.15) is 0 Å². The average molecular weight is 311 g/mol. The molecule has 0 aromatic heterocycles. The Balaban J connectivity index is 2.74. The Bertz CT molecular complexity index is 430. The number of carbonyl (C=O) groups is 3. The minimum absolute atomic E-state index is 0.0138. The topological polar surface area (TPSA) is 72.9 Å². The molecule has 1 amide bonds. The second-order valence-corrected chi connectivity index (χ2v) is 5.19. The molecule has 124 valence electrons. The molecule has 1 rings (SSSR count). The van der Waals surface area contributed by atoms with Gasteiger partial charge < -0.3 is 14.4 Å². The van der Waals surface area contributed by atoms with E-state index in [1.54, 1.807) is 0 Å². The minimum atomic E-state index is -0.642. The number of ether oxygens (including phenoxy) is 2. The zero-order chi connectivity index (χ0) is 16.4. The molecular formula is C16H25NO5. The summed E-state index contributed by atoms with van der Waals surface area (Å²) in [5.74, 6) is -1.42. The van der Waals surface area contributed by atoms with Crippen LogP contribution in [-0.2, 0) is 23.9 Å². The molecule has 0 aliphatic carbocycles. The summed E-state index contributed by atoms with van der Waals surface area (Å²) < 4.78 is 10.1. The Kier molecular flexibility index (Phi) is 8.25. The molecule has 22 heavy (non-hydrogen) atoms. The standard InChI is InChI=1S/C16H25NO5/c1-3-5-10-21-15(19)12-13(16(20)22-11-6-4-2)17-9-7-8-14(17)18/h12H,3-11H2,1-2H3/b13-12+. The smallest absolute Gasteiger partial charge is 0.355 e. The van der Waals surface area contributed by atoms with Crippen LogP contribution in [0.5, 0.6) is 0 Å². The van der Waals surface area contributed by atoms with Gasteiger partial charge in [0, 0.05) is 13.0 Å². The number of rotatable bonds is 9. The zero-order valence-corrected chi connectivity index (χ0v) is 13.4. The van der Waals surface area contributed by atoms with Gasteiger partial charge >= 0.3 is 11.9 Å². The van der Waals surface area contributed by atoms with Crippen LogP contribution in [0.3, 0.4) is 0 Å². The van der Waals surface area contributed by atoms with Crippen molar-refractivity contribution in [1.29, 1.82) is 0 Å². The van der Waals surface area contributed by atoms with E-state index in [0.29, 0.717) is 26.0 Å². The van der Waals surface area contributed by atoms with E-state index in [4.69, 9.17) is 9.47 Å². The van der Waals surface area contributed by atoms with Gasteiger partial charge in [0.1, 0.15) is 5.70 Å². The van der Waals surface area contributed by atoms with E-state index in [-0.39, 0.29) is 18.2 Å². The highest BCUT2D eigenvalue weighted by molar-refractivity contribution is 5.99. The second kappa shape index (κ2) is 9.97. The molecule has 1 heterocycles. The maximum atomic E-state index is 12.1. The number of nitrogens with zero attached hydrogens (tertiary/aromatic N) is 1. The first-order chi connectivity index (χ1) is 10.6. The van der Waals surface area contributed by atoms with Gasteiger partial charge in [-0.1, -0.05) is 26.7 Å². The van der Waals surface area contributed by atoms with Gasteiger partial charge in [0.2, 0.25) is 5.91 Å². The maximum Gasteiger partial charge on any atom is 0.355 e. The predicted octanol–water partition coefficient (Wildman–Crippen LogP) is 2.18. The summed E-state index contributed by atoms with van der Waals surface area (Å²) in [5.41, 5.74) is -0.0138. The molecule has 0 aromatic rings. The molecule has 0 aromatic carbocycles. The zero-order valence-electron chi connectivity index (χ0n) is 13.4. The van der Waals surface area contributed by atoms with Crippen LogP contribution < -0.4 is 0 Å². The lowest BCUT2D eigenvalue weighted by molar-refractivity contribution is -0.145. The highest BCUT2D eigenvalue weighted by Gasteiger charge is 2.29. The lowest BCUT2D eigenvalue weighted by Gasteiger charge is -2.18. The van der Waals surface area contributed by atoms with Crippen molar-refractivity contribution in [1.82, 2.24) is 4.90 Å². The fraction of sp³-hybridized carbons (Fsp3) is 0.688. The molecule has 1 aliphatic rings. The van der Waals surface area contributed by atoms with Crippen LogP contribution in [0.25, 0.3) is 0 Å². The van der Waals surface area contributed by atoms with Crippen LogP contribution in [0.4, 0.5) is 0 Å². The number of amides is 1. The second-order valence-electron chi connectivity index (χ2n) is 5.19. The normalized spacial score (nSPS) is 15.1. The lowest BCUT2D eigenvalue weighted by atomic mass is 10.3. The molecule has 0 unspecified atom stereocenters. The van der Waals surface area contributed by atoms with Gasteiger partial charge in [0.15, 0.2) is 0 Å². The number of likely N-dealkylation sites (tertiary alicyclic amines) is 1. The first kappa shape index (κ1) is 18.2. The Labute approximate surface area is 131 Å². The Morgan fingerprint density at radius 3 is 2.32 bits per heavy atom. The molecule has 0 spiro atoms. The van der Waals surface area contributed by atoms with Crippen LogP contribution >= 0.6 is 0 Å². The largest absolute Gasteiger partial charge is 0.462 e. The van der Waals surface area contributed by atoms with Crippen LogP contribution in [0, 0.1) is 0 Å². The molecule has 0 bridgehead atoms. The van der Waals surface area contributed by atoms with Crippen molar-refractivity contribution in [3.05, 3.63) is 11.8 Å².